The number of rotatable bonds is 5. The molecule has 2 unspecified atom stereocenters. The number of carbonyl (C=O) groups excluding carboxylic acids is 1. The van der Waals surface area contributed by atoms with Crippen LogP contribution in [0.15, 0.2) is 59.2 Å². The molecule has 138 valence electrons. The highest BCUT2D eigenvalue weighted by Gasteiger charge is 2.64. The van der Waals surface area contributed by atoms with E-state index in [-0.39, 0.29) is 30.0 Å². The molecule has 0 aromatic heterocycles. The van der Waals surface area contributed by atoms with Gasteiger partial charge in [-0.3, -0.25) is 10.1 Å². The van der Waals surface area contributed by atoms with Crippen LogP contribution in [0.2, 0.25) is 0 Å². The van der Waals surface area contributed by atoms with Crippen molar-refractivity contribution < 1.29 is 22.9 Å². The molecule has 0 spiro atoms. The minimum atomic E-state index is -4.18. The topological polar surface area (TPSA) is 107 Å². The molecule has 1 aliphatic heterocycles. The van der Waals surface area contributed by atoms with E-state index in [9.17, 15) is 23.3 Å². The minimum Gasteiger partial charge on any atom is -0.461 e. The average Bonchev–Trinajstić information content (AvgIpc) is 3.08. The van der Waals surface area contributed by atoms with Crippen LogP contribution in [0.4, 0.5) is 0 Å². The van der Waals surface area contributed by atoms with Crippen LogP contribution in [-0.4, -0.2) is 41.8 Å². The Labute approximate surface area is 151 Å². The lowest BCUT2D eigenvalue weighted by Crippen LogP contribution is -2.49. The molecule has 0 bridgehead atoms. The molecule has 0 amide bonds. The second kappa shape index (κ2) is 6.24. The van der Waals surface area contributed by atoms with Crippen molar-refractivity contribution in [3.63, 3.8) is 0 Å². The van der Waals surface area contributed by atoms with E-state index in [2.05, 4.69) is 6.58 Å². The molecule has 8 nitrogen and oxygen atoms in total. The highest BCUT2D eigenvalue weighted by Crippen LogP contribution is 2.48. The van der Waals surface area contributed by atoms with E-state index < -0.39 is 32.5 Å². The van der Waals surface area contributed by atoms with Crippen LogP contribution in [0.3, 0.4) is 0 Å². The second-order valence-corrected chi connectivity index (χ2v) is 8.07. The smallest absolute Gasteiger partial charge is 0.355 e. The van der Waals surface area contributed by atoms with Crippen molar-refractivity contribution in [1.29, 1.82) is 0 Å². The predicted octanol–water partition coefficient (Wildman–Crippen LogP) is 1.87. The predicted molar refractivity (Wildman–Crippen MR) is 92.1 cm³/mol. The molecule has 1 fully saturated rings. The Morgan fingerprint density at radius 3 is 2.65 bits per heavy atom. The monoisotopic (exact) mass is 378 g/mol. The Kier molecular flexibility index (Phi) is 4.35. The van der Waals surface area contributed by atoms with Gasteiger partial charge in [-0.25, -0.2) is 17.5 Å². The number of fused-ring (bicyclic) bond motifs is 1. The molecule has 2 aliphatic rings. The Bertz CT molecular complexity index is 908. The number of carbonyl (C=O) groups is 1. The molecule has 1 aromatic carbocycles. The summed E-state index contributed by atoms with van der Waals surface area (Å²) in [5.74, 6) is -0.895. The van der Waals surface area contributed by atoms with Gasteiger partial charge in [-0.1, -0.05) is 30.4 Å². The number of nitrogens with zero attached hydrogens (tertiary/aromatic N) is 2. The van der Waals surface area contributed by atoms with Gasteiger partial charge >= 0.3 is 5.97 Å². The van der Waals surface area contributed by atoms with Gasteiger partial charge in [0.1, 0.15) is 11.7 Å². The fourth-order valence-electron chi connectivity index (χ4n) is 3.54. The van der Waals surface area contributed by atoms with Gasteiger partial charge in [0.15, 0.2) is 0 Å². The number of nitro groups is 1. The first-order valence-corrected chi connectivity index (χ1v) is 9.48. The van der Waals surface area contributed by atoms with Crippen molar-refractivity contribution in [2.75, 3.05) is 6.61 Å². The molecule has 9 heteroatoms. The van der Waals surface area contributed by atoms with Crippen LogP contribution in [0.25, 0.3) is 0 Å². The largest absolute Gasteiger partial charge is 0.461 e. The summed E-state index contributed by atoms with van der Waals surface area (Å²) in [5.41, 5.74) is -1.45. The molecule has 0 radical (unpaired) electrons. The number of benzene rings is 1. The quantitative estimate of drug-likeness (QED) is 0.335. The number of hydrogen-bond donors (Lipinski definition) is 0. The van der Waals surface area contributed by atoms with Crippen LogP contribution in [0.5, 0.6) is 0 Å². The zero-order valence-electron chi connectivity index (χ0n) is 14.1. The molecule has 1 aromatic rings. The number of hydrogen-bond acceptors (Lipinski definition) is 6. The van der Waals surface area contributed by atoms with Crippen molar-refractivity contribution >= 4 is 16.0 Å². The van der Waals surface area contributed by atoms with E-state index in [0.29, 0.717) is 5.57 Å². The van der Waals surface area contributed by atoms with Gasteiger partial charge in [0, 0.05) is 17.4 Å². The van der Waals surface area contributed by atoms with Crippen LogP contribution < -0.4 is 0 Å². The summed E-state index contributed by atoms with van der Waals surface area (Å²) < 4.78 is 32.2. The third-order valence-corrected chi connectivity index (χ3v) is 6.46. The van der Waals surface area contributed by atoms with Gasteiger partial charge in [0.25, 0.3) is 15.6 Å². The van der Waals surface area contributed by atoms with Crippen molar-refractivity contribution in [3.8, 4) is 0 Å². The Balaban J connectivity index is 2.18. The first-order chi connectivity index (χ1) is 12.2. The van der Waals surface area contributed by atoms with E-state index in [1.54, 1.807) is 25.1 Å². The van der Waals surface area contributed by atoms with E-state index >= 15 is 0 Å². The molecule has 0 saturated heterocycles. The molecule has 1 saturated carbocycles. The van der Waals surface area contributed by atoms with E-state index in [1.165, 1.54) is 12.1 Å². The first kappa shape index (κ1) is 18.1. The maximum atomic E-state index is 13.2. The second-order valence-electron chi connectivity index (χ2n) is 6.26. The van der Waals surface area contributed by atoms with Crippen LogP contribution in [0.1, 0.15) is 19.8 Å². The van der Waals surface area contributed by atoms with Crippen molar-refractivity contribution in [2.24, 2.45) is 0 Å². The third-order valence-electron chi connectivity index (χ3n) is 4.62. The van der Waals surface area contributed by atoms with Gasteiger partial charge in [-0.2, -0.15) is 0 Å². The van der Waals surface area contributed by atoms with E-state index in [4.69, 9.17) is 4.74 Å². The van der Waals surface area contributed by atoms with Gasteiger partial charge < -0.3 is 4.74 Å². The fraction of sp³-hybridized carbons (Fsp3) is 0.353. The Hall–Kier alpha value is -2.68. The van der Waals surface area contributed by atoms with Gasteiger partial charge in [-0.05, 0) is 25.5 Å². The molecule has 0 N–H and O–H groups in total. The van der Waals surface area contributed by atoms with Crippen LogP contribution in [0, 0.1) is 10.1 Å². The minimum absolute atomic E-state index is 0.0195. The molecule has 1 heterocycles. The lowest BCUT2D eigenvalue weighted by Gasteiger charge is -2.28. The summed E-state index contributed by atoms with van der Waals surface area (Å²) in [7, 11) is -4.18. The molecule has 1 aliphatic carbocycles. The average molecular weight is 378 g/mol. The summed E-state index contributed by atoms with van der Waals surface area (Å²) in [5, 5.41) is 11.8. The molecular weight excluding hydrogens is 360 g/mol. The highest BCUT2D eigenvalue weighted by molar-refractivity contribution is 7.89. The van der Waals surface area contributed by atoms with Gasteiger partial charge in [-0.15, -0.1) is 0 Å². The van der Waals surface area contributed by atoms with E-state index in [1.807, 2.05) is 0 Å². The van der Waals surface area contributed by atoms with Crippen molar-refractivity contribution in [1.82, 2.24) is 4.31 Å². The molecule has 26 heavy (non-hydrogen) atoms. The lowest BCUT2D eigenvalue weighted by atomic mass is 9.96. The maximum Gasteiger partial charge on any atom is 0.355 e. The van der Waals surface area contributed by atoms with Crippen molar-refractivity contribution in [3.05, 3.63) is 64.4 Å². The molecule has 2 atom stereocenters. The Morgan fingerprint density at radius 1 is 1.42 bits per heavy atom. The summed E-state index contributed by atoms with van der Waals surface area (Å²) in [6, 6.07) is 6.47. The SMILES string of the molecule is C=C1CC2N(S(=O)(=O)c3ccccc3)C(C(=O)OCC)=CC2([N+](=O)[O-])C1. The first-order valence-electron chi connectivity index (χ1n) is 8.04. The fourth-order valence-corrected chi connectivity index (χ4v) is 5.24. The van der Waals surface area contributed by atoms with E-state index in [0.717, 1.165) is 10.4 Å². The zero-order valence-corrected chi connectivity index (χ0v) is 14.9. The number of esters is 1. The van der Waals surface area contributed by atoms with Crippen molar-refractivity contribution in [2.45, 2.75) is 36.2 Å². The Morgan fingerprint density at radius 2 is 2.08 bits per heavy atom. The number of sulfonamides is 1. The highest BCUT2D eigenvalue weighted by atomic mass is 32.2. The summed E-state index contributed by atoms with van der Waals surface area (Å²) in [6.07, 6.45) is 1.20. The summed E-state index contributed by atoms with van der Waals surface area (Å²) in [4.78, 5) is 23.6. The van der Waals surface area contributed by atoms with Crippen LogP contribution >= 0.6 is 0 Å². The third kappa shape index (κ3) is 2.59. The summed E-state index contributed by atoms with van der Waals surface area (Å²) in [6.45, 7) is 5.39. The zero-order chi connectivity index (χ0) is 19.1. The maximum absolute atomic E-state index is 13.2. The molecular formula is C17H18N2O6S. The van der Waals surface area contributed by atoms with Gasteiger partial charge in [0.2, 0.25) is 0 Å². The van der Waals surface area contributed by atoms with Crippen LogP contribution in [-0.2, 0) is 19.6 Å². The normalized spacial score (nSPS) is 25.0. The summed E-state index contributed by atoms with van der Waals surface area (Å²) >= 11 is 0. The lowest BCUT2D eigenvalue weighted by molar-refractivity contribution is -0.555. The number of ether oxygens (including phenoxy) is 1. The molecule has 3 rings (SSSR count). The standard InChI is InChI=1S/C17H18N2O6S/c1-3-25-16(20)14-11-17(19(21)22)10-12(2)9-15(17)18(14)26(23,24)13-7-5-4-6-8-13/h4-8,11,15H,2-3,9-10H2,1H3. The van der Waals surface area contributed by atoms with Gasteiger partial charge in [0.05, 0.1) is 11.5 Å².